The Morgan fingerprint density at radius 1 is 1.44 bits per heavy atom. The maximum atomic E-state index is 12.1. The van der Waals surface area contributed by atoms with Crippen LogP contribution in [-0.4, -0.2) is 30.5 Å². The number of amides is 1. The number of aromatic nitrogens is 1. The second kappa shape index (κ2) is 6.58. The van der Waals surface area contributed by atoms with Gasteiger partial charge in [-0.1, -0.05) is 25.2 Å². The monoisotopic (exact) mass is 270 g/mol. The Morgan fingerprint density at radius 3 is 2.56 bits per heavy atom. The molecule has 1 heterocycles. The van der Waals surface area contributed by atoms with E-state index in [9.17, 15) is 4.79 Å². The molecule has 0 radical (unpaired) electrons. The number of carbonyl (C=O) groups is 1. The molecule has 0 atom stereocenters. The van der Waals surface area contributed by atoms with Crippen molar-refractivity contribution in [3.05, 3.63) is 4.88 Å². The van der Waals surface area contributed by atoms with E-state index in [1.165, 1.54) is 11.3 Å². The molecule has 0 aliphatic heterocycles. The Morgan fingerprint density at radius 2 is 2.06 bits per heavy atom. The van der Waals surface area contributed by atoms with Crippen molar-refractivity contribution < 1.29 is 4.79 Å². The second-order valence-corrected chi connectivity index (χ2v) is 5.19. The van der Waals surface area contributed by atoms with E-state index >= 15 is 0 Å². The van der Waals surface area contributed by atoms with Gasteiger partial charge in [-0.2, -0.15) is 0 Å². The van der Waals surface area contributed by atoms with Crippen LogP contribution >= 0.6 is 11.3 Å². The van der Waals surface area contributed by atoms with Crippen LogP contribution in [0.15, 0.2) is 0 Å². The average Bonchev–Trinajstić information content (AvgIpc) is 2.76. The summed E-state index contributed by atoms with van der Waals surface area (Å²) in [6.07, 6.45) is 1.84. The van der Waals surface area contributed by atoms with E-state index in [1.807, 2.05) is 18.9 Å². The maximum Gasteiger partial charge on any atom is 0.265 e. The Hall–Kier alpha value is -1.30. The number of nitrogen functional groups attached to an aromatic ring is 1. The quantitative estimate of drug-likeness (QED) is 0.830. The number of nitrogens with two attached hydrogens (primary N) is 1. The summed E-state index contributed by atoms with van der Waals surface area (Å²) in [5.41, 5.74) is 5.81. The lowest BCUT2D eigenvalue weighted by Crippen LogP contribution is -2.33. The number of carbonyl (C=O) groups excluding carboxylic acids is 1. The summed E-state index contributed by atoms with van der Waals surface area (Å²) in [7, 11) is 1.93. The van der Waals surface area contributed by atoms with E-state index in [4.69, 9.17) is 5.73 Å². The predicted molar refractivity (Wildman–Crippen MR) is 77.3 cm³/mol. The second-order valence-electron chi connectivity index (χ2n) is 4.21. The molecule has 0 aliphatic carbocycles. The number of hydrogen-bond donors (Lipinski definition) is 2. The molecule has 1 rings (SSSR count). The van der Waals surface area contributed by atoms with Crippen LogP contribution in [-0.2, 0) is 0 Å². The topological polar surface area (TPSA) is 71.2 Å². The Labute approximate surface area is 112 Å². The fourth-order valence-electron chi connectivity index (χ4n) is 1.53. The molecule has 102 valence electrons. The first-order chi connectivity index (χ1) is 8.53. The minimum atomic E-state index is -0.116. The lowest BCUT2D eigenvalue weighted by atomic mass is 10.2. The third-order valence-electron chi connectivity index (χ3n) is 2.97. The van der Waals surface area contributed by atoms with E-state index in [2.05, 4.69) is 24.1 Å². The van der Waals surface area contributed by atoms with Crippen LogP contribution in [0.25, 0.3) is 0 Å². The van der Waals surface area contributed by atoms with Gasteiger partial charge in [0.2, 0.25) is 0 Å². The van der Waals surface area contributed by atoms with Crippen molar-refractivity contribution in [2.24, 2.45) is 0 Å². The molecule has 0 saturated heterocycles. The molecule has 1 aromatic rings. The van der Waals surface area contributed by atoms with E-state index in [-0.39, 0.29) is 11.9 Å². The maximum absolute atomic E-state index is 12.1. The highest BCUT2D eigenvalue weighted by Crippen LogP contribution is 2.27. The van der Waals surface area contributed by atoms with Crippen molar-refractivity contribution in [3.8, 4) is 0 Å². The van der Waals surface area contributed by atoms with Gasteiger partial charge in [0.05, 0.1) is 0 Å². The smallest absolute Gasteiger partial charge is 0.265 e. The molecule has 0 saturated carbocycles. The van der Waals surface area contributed by atoms with E-state index in [0.29, 0.717) is 10.7 Å². The molecule has 5 nitrogen and oxygen atoms in total. The van der Waals surface area contributed by atoms with E-state index in [1.54, 1.807) is 0 Å². The zero-order valence-corrected chi connectivity index (χ0v) is 12.3. The van der Waals surface area contributed by atoms with Crippen LogP contribution in [0.3, 0.4) is 0 Å². The Bertz CT molecular complexity index is 401. The number of anilines is 2. The summed E-state index contributed by atoms with van der Waals surface area (Å²) in [6.45, 7) is 6.98. The fraction of sp³-hybridized carbons (Fsp3) is 0.667. The summed E-state index contributed by atoms with van der Waals surface area (Å²) in [4.78, 5) is 18.8. The van der Waals surface area contributed by atoms with Gasteiger partial charge in [-0.3, -0.25) is 4.79 Å². The number of nitrogens with one attached hydrogen (secondary N) is 1. The SMILES string of the molecule is CCC(CC)NC(=O)c1sc(N(C)CC)nc1N. The van der Waals surface area contributed by atoms with Crippen molar-refractivity contribution in [2.45, 2.75) is 39.7 Å². The first-order valence-corrected chi connectivity index (χ1v) is 7.13. The first-order valence-electron chi connectivity index (χ1n) is 6.31. The fourth-order valence-corrected chi connectivity index (χ4v) is 2.44. The van der Waals surface area contributed by atoms with Crippen molar-refractivity contribution in [1.29, 1.82) is 0 Å². The number of thiazole rings is 1. The summed E-state index contributed by atoms with van der Waals surface area (Å²) >= 11 is 1.34. The largest absolute Gasteiger partial charge is 0.382 e. The molecule has 0 fully saturated rings. The zero-order valence-electron chi connectivity index (χ0n) is 11.5. The molecule has 0 spiro atoms. The van der Waals surface area contributed by atoms with Crippen LogP contribution < -0.4 is 16.0 Å². The molecule has 0 bridgehead atoms. The van der Waals surface area contributed by atoms with Gasteiger partial charge in [-0.05, 0) is 19.8 Å². The van der Waals surface area contributed by atoms with Crippen molar-refractivity contribution >= 4 is 28.2 Å². The third kappa shape index (κ3) is 3.35. The lowest BCUT2D eigenvalue weighted by molar-refractivity contribution is 0.0939. The third-order valence-corrected chi connectivity index (χ3v) is 4.15. The summed E-state index contributed by atoms with van der Waals surface area (Å²) in [5, 5.41) is 3.76. The van der Waals surface area contributed by atoms with Gasteiger partial charge in [-0.25, -0.2) is 4.98 Å². The Kier molecular flexibility index (Phi) is 5.40. The highest BCUT2D eigenvalue weighted by Gasteiger charge is 2.19. The molecule has 1 aromatic heterocycles. The molecule has 6 heteroatoms. The Balaban J connectivity index is 2.83. The van der Waals surface area contributed by atoms with Gasteiger partial charge in [-0.15, -0.1) is 0 Å². The van der Waals surface area contributed by atoms with Crippen LogP contribution in [0.1, 0.15) is 43.3 Å². The molecule has 0 aromatic carbocycles. The molecule has 3 N–H and O–H groups in total. The van der Waals surface area contributed by atoms with Crippen molar-refractivity contribution in [2.75, 3.05) is 24.2 Å². The van der Waals surface area contributed by atoms with Crippen molar-refractivity contribution in [1.82, 2.24) is 10.3 Å². The van der Waals surface area contributed by atoms with Gasteiger partial charge in [0.1, 0.15) is 10.7 Å². The minimum absolute atomic E-state index is 0.116. The molecule has 0 unspecified atom stereocenters. The predicted octanol–water partition coefficient (Wildman–Crippen LogP) is 2.10. The minimum Gasteiger partial charge on any atom is -0.382 e. The van der Waals surface area contributed by atoms with Crippen LogP contribution in [0.4, 0.5) is 10.9 Å². The summed E-state index contributed by atoms with van der Waals surface area (Å²) in [6, 6.07) is 0.200. The van der Waals surface area contributed by atoms with Crippen molar-refractivity contribution in [3.63, 3.8) is 0 Å². The van der Waals surface area contributed by atoms with Crippen LogP contribution in [0.5, 0.6) is 0 Å². The number of rotatable bonds is 6. The number of nitrogens with zero attached hydrogens (tertiary/aromatic N) is 2. The lowest BCUT2D eigenvalue weighted by Gasteiger charge is -2.13. The summed E-state index contributed by atoms with van der Waals surface area (Å²) in [5.74, 6) is 0.202. The van der Waals surface area contributed by atoms with Crippen LogP contribution in [0, 0.1) is 0 Å². The number of hydrogen-bond acceptors (Lipinski definition) is 5. The van der Waals surface area contributed by atoms with E-state index < -0.39 is 0 Å². The standard InChI is InChI=1S/C12H22N4OS/c1-5-8(6-2)14-11(17)9-10(13)15-12(18-9)16(4)7-3/h8H,5-7,13H2,1-4H3,(H,14,17). The highest BCUT2D eigenvalue weighted by molar-refractivity contribution is 7.18. The normalized spacial score (nSPS) is 10.7. The molecular weight excluding hydrogens is 248 g/mol. The zero-order chi connectivity index (χ0) is 13.7. The average molecular weight is 270 g/mol. The molecule has 0 aliphatic rings. The summed E-state index contributed by atoms with van der Waals surface area (Å²) < 4.78 is 0. The van der Waals surface area contributed by atoms with Crippen LogP contribution in [0.2, 0.25) is 0 Å². The van der Waals surface area contributed by atoms with Gasteiger partial charge in [0, 0.05) is 19.6 Å². The van der Waals surface area contributed by atoms with Gasteiger partial charge in [0.15, 0.2) is 5.13 Å². The van der Waals surface area contributed by atoms with Gasteiger partial charge >= 0.3 is 0 Å². The molecular formula is C12H22N4OS. The molecule has 1 amide bonds. The van der Waals surface area contributed by atoms with Gasteiger partial charge in [0.25, 0.3) is 5.91 Å². The highest BCUT2D eigenvalue weighted by atomic mass is 32.1. The molecule has 18 heavy (non-hydrogen) atoms. The van der Waals surface area contributed by atoms with E-state index in [0.717, 1.165) is 24.5 Å². The van der Waals surface area contributed by atoms with Gasteiger partial charge < -0.3 is 16.0 Å². The first kappa shape index (κ1) is 14.8.